The molecule has 1 aromatic heterocycles. The van der Waals surface area contributed by atoms with Gasteiger partial charge in [0, 0.05) is 36.6 Å². The van der Waals surface area contributed by atoms with Gasteiger partial charge in [0.05, 0.1) is 11.6 Å². The summed E-state index contributed by atoms with van der Waals surface area (Å²) in [4.78, 5) is 28.2. The minimum atomic E-state index is -0.510. The zero-order valence-electron chi connectivity index (χ0n) is 19.7. The fraction of sp³-hybridized carbons (Fsp3) is 0.357. The molecule has 5 nitrogen and oxygen atoms in total. The number of rotatable bonds is 1. The van der Waals surface area contributed by atoms with Gasteiger partial charge in [-0.25, -0.2) is 4.79 Å². The van der Waals surface area contributed by atoms with Crippen molar-refractivity contribution in [3.05, 3.63) is 77.0 Å². The van der Waals surface area contributed by atoms with E-state index in [-0.39, 0.29) is 17.8 Å². The number of para-hydroxylation sites is 1. The summed E-state index contributed by atoms with van der Waals surface area (Å²) in [7, 11) is 1.99. The number of fused-ring (bicyclic) bond motifs is 3. The summed E-state index contributed by atoms with van der Waals surface area (Å²) in [5, 5.41) is 1.12. The number of ether oxygens (including phenoxy) is 1. The summed E-state index contributed by atoms with van der Waals surface area (Å²) < 4.78 is 7.62. The number of carbonyl (C=O) groups is 2. The van der Waals surface area contributed by atoms with Crippen LogP contribution in [0.3, 0.4) is 0 Å². The number of aromatic nitrogens is 1. The van der Waals surface area contributed by atoms with E-state index in [1.54, 1.807) is 4.90 Å². The summed E-state index contributed by atoms with van der Waals surface area (Å²) in [6.45, 7) is 6.86. The van der Waals surface area contributed by atoms with Gasteiger partial charge in [0.2, 0.25) is 0 Å². The second-order valence-electron chi connectivity index (χ2n) is 9.99. The maximum absolute atomic E-state index is 13.8. The van der Waals surface area contributed by atoms with Crippen LogP contribution in [0, 0.1) is 0 Å². The van der Waals surface area contributed by atoms with Crippen molar-refractivity contribution < 1.29 is 14.3 Å². The van der Waals surface area contributed by atoms with E-state index < -0.39 is 5.60 Å². The largest absolute Gasteiger partial charge is 0.444 e. The van der Waals surface area contributed by atoms with Crippen molar-refractivity contribution in [3.63, 3.8) is 0 Å². The Morgan fingerprint density at radius 1 is 0.970 bits per heavy atom. The Bertz CT molecular complexity index is 1270. The third-order valence-electron chi connectivity index (χ3n) is 6.69. The monoisotopic (exact) mass is 442 g/mol. The summed E-state index contributed by atoms with van der Waals surface area (Å²) in [6, 6.07) is 18.3. The van der Waals surface area contributed by atoms with Crippen LogP contribution in [0.15, 0.2) is 60.2 Å². The van der Waals surface area contributed by atoms with Gasteiger partial charge in [-0.1, -0.05) is 54.1 Å². The second kappa shape index (κ2) is 7.91. The van der Waals surface area contributed by atoms with Crippen LogP contribution in [0.4, 0.5) is 4.79 Å². The number of carbonyl (C=O) groups excluding carboxylic acids is 2. The lowest BCUT2D eigenvalue weighted by atomic mass is 9.84. The molecule has 2 heterocycles. The number of Topliss-reactive ketones (excluding diaryl/α,β-unsaturated/α-hetero) is 1. The van der Waals surface area contributed by atoms with E-state index in [0.717, 1.165) is 46.1 Å². The molecule has 1 amide bonds. The number of hydrogen-bond donors (Lipinski definition) is 0. The highest BCUT2D eigenvalue weighted by Gasteiger charge is 2.42. The first-order valence-electron chi connectivity index (χ1n) is 11.6. The first kappa shape index (κ1) is 21.5. The summed E-state index contributed by atoms with van der Waals surface area (Å²) >= 11 is 0. The van der Waals surface area contributed by atoms with Crippen molar-refractivity contribution in [3.8, 4) is 0 Å². The minimum Gasteiger partial charge on any atom is -0.444 e. The number of amides is 1. The fourth-order valence-electron chi connectivity index (χ4n) is 5.27. The lowest BCUT2D eigenvalue weighted by Crippen LogP contribution is -2.40. The molecule has 1 saturated heterocycles. The van der Waals surface area contributed by atoms with Crippen LogP contribution < -0.4 is 0 Å². The van der Waals surface area contributed by atoms with Gasteiger partial charge in [-0.3, -0.25) is 4.79 Å². The summed E-state index contributed by atoms with van der Waals surface area (Å²) in [5.74, 6) is -0.137. The molecule has 0 spiro atoms. The first-order chi connectivity index (χ1) is 15.8. The quantitative estimate of drug-likeness (QED) is 0.468. The molecule has 1 atom stereocenters. The maximum atomic E-state index is 13.8. The maximum Gasteiger partial charge on any atom is 0.410 e. The molecule has 5 rings (SSSR count). The number of likely N-dealkylation sites (tertiary alicyclic amines) is 1. The van der Waals surface area contributed by atoms with E-state index in [0.29, 0.717) is 13.1 Å². The standard InChI is InChI=1S/C28H30N2O3/c1-28(2,3)33-27(32)30-16-14-19(15-17-30)22-23(18-10-6-5-7-11-18)26(31)25-24(22)20-12-8-9-13-21(20)29(25)4/h5-13,23H,14-17H2,1-4H3. The molecule has 1 aliphatic carbocycles. The highest BCUT2D eigenvalue weighted by Crippen LogP contribution is 2.50. The average Bonchev–Trinajstić information content (AvgIpc) is 3.26. The minimum absolute atomic E-state index is 0.159. The molecule has 3 aromatic rings. The highest BCUT2D eigenvalue weighted by atomic mass is 16.6. The molecule has 0 bridgehead atoms. The number of allylic oxidation sites excluding steroid dienone is 1. The Morgan fingerprint density at radius 3 is 2.27 bits per heavy atom. The van der Waals surface area contributed by atoms with Crippen LogP contribution in [0.2, 0.25) is 0 Å². The Balaban J connectivity index is 1.59. The van der Waals surface area contributed by atoms with Crippen LogP contribution in [-0.4, -0.2) is 40.0 Å². The third kappa shape index (κ3) is 3.65. The Hall–Kier alpha value is -3.34. The zero-order valence-corrected chi connectivity index (χ0v) is 19.7. The lowest BCUT2D eigenvalue weighted by Gasteiger charge is -2.32. The van der Waals surface area contributed by atoms with Crippen molar-refractivity contribution in [2.75, 3.05) is 13.1 Å². The summed E-state index contributed by atoms with van der Waals surface area (Å²) in [6.07, 6.45) is 1.22. The van der Waals surface area contributed by atoms with Gasteiger partial charge >= 0.3 is 6.09 Å². The SMILES string of the molecule is Cn1c2c(c3ccccc31)C(=C1CCN(C(=O)OC(C)(C)C)CC1)C(c1ccccc1)C2=O. The number of hydrogen-bond acceptors (Lipinski definition) is 3. The molecule has 0 radical (unpaired) electrons. The smallest absolute Gasteiger partial charge is 0.410 e. The van der Waals surface area contributed by atoms with E-state index in [9.17, 15) is 9.59 Å². The van der Waals surface area contributed by atoms with Crippen molar-refractivity contribution >= 4 is 28.4 Å². The number of benzene rings is 2. The second-order valence-corrected chi connectivity index (χ2v) is 9.99. The van der Waals surface area contributed by atoms with E-state index >= 15 is 0 Å². The van der Waals surface area contributed by atoms with Crippen LogP contribution in [0.1, 0.15) is 61.1 Å². The predicted molar refractivity (Wildman–Crippen MR) is 130 cm³/mol. The van der Waals surface area contributed by atoms with E-state index in [2.05, 4.69) is 12.1 Å². The molecule has 2 aliphatic rings. The number of aryl methyl sites for hydroxylation is 1. The molecule has 2 aromatic carbocycles. The summed E-state index contributed by atoms with van der Waals surface area (Å²) in [5.41, 5.74) is 5.87. The molecule has 5 heteroatoms. The first-order valence-corrected chi connectivity index (χ1v) is 11.6. The fourth-order valence-corrected chi connectivity index (χ4v) is 5.27. The van der Waals surface area contributed by atoms with Crippen LogP contribution >= 0.6 is 0 Å². The van der Waals surface area contributed by atoms with E-state index in [1.807, 2.05) is 74.9 Å². The molecule has 1 unspecified atom stereocenters. The van der Waals surface area contributed by atoms with E-state index in [1.165, 1.54) is 5.57 Å². The van der Waals surface area contributed by atoms with Crippen molar-refractivity contribution in [2.45, 2.75) is 45.1 Å². The van der Waals surface area contributed by atoms with Gasteiger partial charge in [-0.15, -0.1) is 0 Å². The number of nitrogens with zero attached hydrogens (tertiary/aromatic N) is 2. The Kier molecular flexibility index (Phi) is 5.15. The Morgan fingerprint density at radius 2 is 1.61 bits per heavy atom. The average molecular weight is 443 g/mol. The molecule has 1 fully saturated rings. The van der Waals surface area contributed by atoms with Gasteiger partial charge in [0.15, 0.2) is 5.78 Å². The van der Waals surface area contributed by atoms with Crippen LogP contribution in [-0.2, 0) is 11.8 Å². The normalized spacial score (nSPS) is 18.7. The highest BCUT2D eigenvalue weighted by molar-refractivity contribution is 6.22. The van der Waals surface area contributed by atoms with Crippen molar-refractivity contribution in [1.82, 2.24) is 9.47 Å². The van der Waals surface area contributed by atoms with Gasteiger partial charge in [0.25, 0.3) is 0 Å². The lowest BCUT2D eigenvalue weighted by molar-refractivity contribution is 0.0236. The van der Waals surface area contributed by atoms with Gasteiger partial charge < -0.3 is 14.2 Å². The molecular weight excluding hydrogens is 412 g/mol. The number of ketones is 1. The molecule has 170 valence electrons. The van der Waals surface area contributed by atoms with Gasteiger partial charge in [-0.2, -0.15) is 0 Å². The van der Waals surface area contributed by atoms with Crippen LogP contribution in [0.5, 0.6) is 0 Å². The Labute approximate surface area is 194 Å². The molecule has 1 aliphatic heterocycles. The molecule has 0 saturated carbocycles. The van der Waals surface area contributed by atoms with E-state index in [4.69, 9.17) is 4.74 Å². The molecule has 33 heavy (non-hydrogen) atoms. The molecule has 0 N–H and O–H groups in total. The molecular formula is C28H30N2O3. The predicted octanol–water partition coefficient (Wildman–Crippen LogP) is 5.94. The van der Waals surface area contributed by atoms with Crippen LogP contribution in [0.25, 0.3) is 16.5 Å². The topological polar surface area (TPSA) is 51.5 Å². The van der Waals surface area contributed by atoms with Gasteiger partial charge in [-0.05, 0) is 50.8 Å². The third-order valence-corrected chi connectivity index (χ3v) is 6.69. The van der Waals surface area contributed by atoms with Crippen molar-refractivity contribution in [2.24, 2.45) is 7.05 Å². The van der Waals surface area contributed by atoms with Gasteiger partial charge in [0.1, 0.15) is 5.60 Å². The van der Waals surface area contributed by atoms with Crippen molar-refractivity contribution in [1.29, 1.82) is 0 Å². The zero-order chi connectivity index (χ0) is 23.3. The number of piperidine rings is 1.